The summed E-state index contributed by atoms with van der Waals surface area (Å²) in [7, 11) is 0. The first-order valence-electron chi connectivity index (χ1n) is 5.55. The molecule has 0 atom stereocenters. The molecule has 0 amide bonds. The standard InChI is InChI=1S/C10H18N4O2S/c1-4-16-8(15)5-6-17-10-13-12-9(11)14(10)7(2)3/h7H,4-6H2,1-3H3,(H2,11,12). The summed E-state index contributed by atoms with van der Waals surface area (Å²) in [6.45, 7) is 6.23. The van der Waals surface area contributed by atoms with Crippen LogP contribution < -0.4 is 5.73 Å². The minimum Gasteiger partial charge on any atom is -0.466 e. The monoisotopic (exact) mass is 258 g/mol. The second-order valence-corrected chi connectivity index (χ2v) is 4.77. The zero-order valence-electron chi connectivity index (χ0n) is 10.3. The van der Waals surface area contributed by atoms with E-state index in [1.165, 1.54) is 11.8 Å². The summed E-state index contributed by atoms with van der Waals surface area (Å²) in [5, 5.41) is 8.54. The second kappa shape index (κ2) is 6.48. The molecule has 2 N–H and O–H groups in total. The number of anilines is 1. The van der Waals surface area contributed by atoms with Crippen molar-refractivity contribution in [2.45, 2.75) is 38.4 Å². The lowest BCUT2D eigenvalue weighted by atomic mass is 10.4. The molecule has 0 radical (unpaired) electrons. The fourth-order valence-corrected chi connectivity index (χ4v) is 2.32. The SMILES string of the molecule is CCOC(=O)CCSc1nnc(N)n1C(C)C. The molecule has 1 rings (SSSR count). The van der Waals surface area contributed by atoms with Gasteiger partial charge < -0.3 is 10.5 Å². The van der Waals surface area contributed by atoms with Crippen molar-refractivity contribution in [1.82, 2.24) is 14.8 Å². The topological polar surface area (TPSA) is 83.0 Å². The predicted octanol–water partition coefficient (Wildman–Crippen LogP) is 1.49. The molecule has 0 spiro atoms. The fraction of sp³-hybridized carbons (Fsp3) is 0.700. The van der Waals surface area contributed by atoms with Crippen LogP contribution in [0.1, 0.15) is 33.2 Å². The number of hydrogen-bond donors (Lipinski definition) is 1. The number of hydrogen-bond acceptors (Lipinski definition) is 6. The summed E-state index contributed by atoms with van der Waals surface area (Å²) in [4.78, 5) is 11.2. The van der Waals surface area contributed by atoms with E-state index in [2.05, 4.69) is 10.2 Å². The lowest BCUT2D eigenvalue weighted by Crippen LogP contribution is -2.08. The molecule has 0 aromatic carbocycles. The Morgan fingerprint density at radius 2 is 2.24 bits per heavy atom. The zero-order chi connectivity index (χ0) is 12.8. The number of ether oxygens (including phenoxy) is 1. The minimum absolute atomic E-state index is 0.191. The molecule has 0 aliphatic rings. The summed E-state index contributed by atoms with van der Waals surface area (Å²) in [5.74, 6) is 0.825. The van der Waals surface area contributed by atoms with Crippen molar-refractivity contribution in [3.05, 3.63) is 0 Å². The molecule has 0 aliphatic heterocycles. The molecule has 1 aromatic rings. The first-order chi connectivity index (χ1) is 8.06. The zero-order valence-corrected chi connectivity index (χ0v) is 11.2. The van der Waals surface area contributed by atoms with Crippen molar-refractivity contribution in [3.63, 3.8) is 0 Å². The van der Waals surface area contributed by atoms with Crippen LogP contribution in [0, 0.1) is 0 Å². The van der Waals surface area contributed by atoms with Gasteiger partial charge >= 0.3 is 5.97 Å². The normalized spacial score (nSPS) is 10.8. The molecular weight excluding hydrogens is 240 g/mol. The third-order valence-electron chi connectivity index (χ3n) is 2.05. The molecular formula is C10H18N4O2S. The van der Waals surface area contributed by atoms with Gasteiger partial charge in [-0.15, -0.1) is 10.2 Å². The summed E-state index contributed by atoms with van der Waals surface area (Å²) >= 11 is 1.46. The maximum atomic E-state index is 11.2. The van der Waals surface area contributed by atoms with Gasteiger partial charge in [0.2, 0.25) is 5.95 Å². The van der Waals surface area contributed by atoms with Crippen LogP contribution in [-0.2, 0) is 9.53 Å². The van der Waals surface area contributed by atoms with Gasteiger partial charge in [0, 0.05) is 11.8 Å². The Balaban J connectivity index is 2.49. The Morgan fingerprint density at radius 3 is 2.82 bits per heavy atom. The van der Waals surface area contributed by atoms with Gasteiger partial charge in [-0.3, -0.25) is 9.36 Å². The molecule has 0 bridgehead atoms. The van der Waals surface area contributed by atoms with Crippen molar-refractivity contribution < 1.29 is 9.53 Å². The Bertz CT molecular complexity index is 378. The molecule has 7 heteroatoms. The van der Waals surface area contributed by atoms with Gasteiger partial charge in [0.15, 0.2) is 5.16 Å². The van der Waals surface area contributed by atoms with Crippen LogP contribution in [-0.4, -0.2) is 33.1 Å². The predicted molar refractivity (Wildman–Crippen MR) is 66.8 cm³/mol. The molecule has 0 fully saturated rings. The third-order valence-corrected chi connectivity index (χ3v) is 2.99. The van der Waals surface area contributed by atoms with Gasteiger partial charge in [0.1, 0.15) is 0 Å². The summed E-state index contributed by atoms with van der Waals surface area (Å²) < 4.78 is 6.69. The largest absolute Gasteiger partial charge is 0.466 e. The smallest absolute Gasteiger partial charge is 0.306 e. The van der Waals surface area contributed by atoms with Crippen LogP contribution in [0.25, 0.3) is 0 Å². The minimum atomic E-state index is -0.191. The Labute approximate surface area is 105 Å². The van der Waals surface area contributed by atoms with E-state index in [4.69, 9.17) is 10.5 Å². The van der Waals surface area contributed by atoms with E-state index in [0.717, 1.165) is 5.16 Å². The average Bonchev–Trinajstić information content (AvgIpc) is 2.60. The number of nitrogens with two attached hydrogens (primary N) is 1. The average molecular weight is 258 g/mol. The third kappa shape index (κ3) is 3.92. The summed E-state index contributed by atoms with van der Waals surface area (Å²) in [5.41, 5.74) is 5.71. The van der Waals surface area contributed by atoms with Crippen LogP contribution >= 0.6 is 11.8 Å². The van der Waals surface area contributed by atoms with Gasteiger partial charge in [-0.05, 0) is 20.8 Å². The summed E-state index contributed by atoms with van der Waals surface area (Å²) in [6.07, 6.45) is 0.364. The Morgan fingerprint density at radius 1 is 1.53 bits per heavy atom. The van der Waals surface area contributed by atoms with E-state index in [1.807, 2.05) is 18.4 Å². The van der Waals surface area contributed by atoms with Crippen molar-refractivity contribution in [2.75, 3.05) is 18.1 Å². The van der Waals surface area contributed by atoms with E-state index in [-0.39, 0.29) is 12.0 Å². The number of nitrogens with zero attached hydrogens (tertiary/aromatic N) is 3. The molecule has 96 valence electrons. The lowest BCUT2D eigenvalue weighted by molar-refractivity contribution is -0.142. The van der Waals surface area contributed by atoms with E-state index >= 15 is 0 Å². The van der Waals surface area contributed by atoms with Crippen molar-refractivity contribution in [2.24, 2.45) is 0 Å². The van der Waals surface area contributed by atoms with Crippen LogP contribution in [0.2, 0.25) is 0 Å². The van der Waals surface area contributed by atoms with Crippen molar-refractivity contribution in [1.29, 1.82) is 0 Å². The van der Waals surface area contributed by atoms with E-state index in [0.29, 0.717) is 24.7 Å². The highest BCUT2D eigenvalue weighted by molar-refractivity contribution is 7.99. The van der Waals surface area contributed by atoms with Gasteiger partial charge in [-0.1, -0.05) is 11.8 Å². The van der Waals surface area contributed by atoms with Crippen LogP contribution in [0.15, 0.2) is 5.16 Å². The molecule has 1 heterocycles. The van der Waals surface area contributed by atoms with Gasteiger partial charge in [-0.25, -0.2) is 0 Å². The number of thioether (sulfide) groups is 1. The Hall–Kier alpha value is -1.24. The van der Waals surface area contributed by atoms with Crippen LogP contribution in [0.4, 0.5) is 5.95 Å². The highest BCUT2D eigenvalue weighted by Gasteiger charge is 2.13. The van der Waals surface area contributed by atoms with E-state index in [9.17, 15) is 4.79 Å². The molecule has 0 saturated carbocycles. The first-order valence-corrected chi connectivity index (χ1v) is 6.53. The highest BCUT2D eigenvalue weighted by atomic mass is 32.2. The van der Waals surface area contributed by atoms with Gasteiger partial charge in [-0.2, -0.15) is 0 Å². The molecule has 1 aromatic heterocycles. The molecule has 0 saturated heterocycles. The maximum absolute atomic E-state index is 11.2. The second-order valence-electron chi connectivity index (χ2n) is 3.71. The van der Waals surface area contributed by atoms with E-state index in [1.54, 1.807) is 6.92 Å². The molecule has 17 heavy (non-hydrogen) atoms. The molecule has 0 aliphatic carbocycles. The number of rotatable bonds is 6. The quantitative estimate of drug-likeness (QED) is 0.615. The van der Waals surface area contributed by atoms with Crippen molar-refractivity contribution >= 4 is 23.7 Å². The van der Waals surface area contributed by atoms with Gasteiger partial charge in [0.05, 0.1) is 13.0 Å². The van der Waals surface area contributed by atoms with E-state index < -0.39 is 0 Å². The number of nitrogen functional groups attached to an aromatic ring is 1. The molecule has 0 unspecified atom stereocenters. The lowest BCUT2D eigenvalue weighted by Gasteiger charge is -2.10. The van der Waals surface area contributed by atoms with Crippen LogP contribution in [0.3, 0.4) is 0 Å². The van der Waals surface area contributed by atoms with Crippen molar-refractivity contribution in [3.8, 4) is 0 Å². The molecule has 6 nitrogen and oxygen atoms in total. The number of carbonyl (C=O) groups excluding carboxylic acids is 1. The number of aromatic nitrogens is 3. The summed E-state index contributed by atoms with van der Waals surface area (Å²) in [6, 6.07) is 0.204. The highest BCUT2D eigenvalue weighted by Crippen LogP contribution is 2.22. The Kier molecular flexibility index (Phi) is 5.27. The first kappa shape index (κ1) is 13.8. The maximum Gasteiger partial charge on any atom is 0.306 e. The van der Waals surface area contributed by atoms with Crippen LogP contribution in [0.5, 0.6) is 0 Å². The number of esters is 1. The fourth-order valence-electron chi connectivity index (χ4n) is 1.33. The number of carbonyl (C=O) groups is 1. The van der Waals surface area contributed by atoms with Gasteiger partial charge in [0.25, 0.3) is 0 Å².